The lowest BCUT2D eigenvalue weighted by Crippen LogP contribution is -2.07. The highest BCUT2D eigenvalue weighted by molar-refractivity contribution is 5.49. The second kappa shape index (κ2) is 1.90. The Kier molecular flexibility index (Phi) is 1.06. The quantitative estimate of drug-likeness (QED) is 0.544. The van der Waals surface area contributed by atoms with Gasteiger partial charge in [-0.05, 0) is 12.8 Å². The van der Waals surface area contributed by atoms with E-state index in [-0.39, 0.29) is 0 Å². The Balaban J connectivity index is 2.45. The summed E-state index contributed by atoms with van der Waals surface area (Å²) in [5.41, 5.74) is 6.53. The van der Waals surface area contributed by atoms with Crippen molar-refractivity contribution in [2.45, 2.75) is 12.8 Å². The molecule has 1 aromatic heterocycles. The van der Waals surface area contributed by atoms with Crippen LogP contribution in [-0.2, 0) is 6.42 Å². The smallest absolute Gasteiger partial charge is 0.188 e. The summed E-state index contributed by atoms with van der Waals surface area (Å²) >= 11 is 0. The summed E-state index contributed by atoms with van der Waals surface area (Å²) in [5.74, 6) is 1.24. The van der Waals surface area contributed by atoms with E-state index in [1.165, 1.54) is 0 Å². The summed E-state index contributed by atoms with van der Waals surface area (Å²) in [7, 11) is 0. The molecule has 54 valence electrons. The number of H-pyrrole nitrogens is 1. The molecule has 3 N–H and O–H groups in total. The van der Waals surface area contributed by atoms with Crippen molar-refractivity contribution in [1.29, 1.82) is 0 Å². The Bertz CT molecular complexity index is 243. The highest BCUT2D eigenvalue weighted by atomic mass is 16.5. The maximum Gasteiger partial charge on any atom is 0.188 e. The molecule has 0 amide bonds. The predicted molar refractivity (Wildman–Crippen MR) is 36.8 cm³/mol. The summed E-state index contributed by atoms with van der Waals surface area (Å²) < 4.78 is 5.28. The van der Waals surface area contributed by atoms with E-state index in [1.807, 2.05) is 0 Å². The van der Waals surface area contributed by atoms with Crippen LogP contribution >= 0.6 is 0 Å². The monoisotopic (exact) mass is 139 g/mol. The summed E-state index contributed by atoms with van der Waals surface area (Å²) in [4.78, 5) is 0. The molecular weight excluding hydrogens is 130 g/mol. The zero-order chi connectivity index (χ0) is 6.97. The maximum atomic E-state index is 5.49. The van der Waals surface area contributed by atoms with Gasteiger partial charge in [0.05, 0.1) is 12.3 Å². The molecular formula is C6H9N3O. The largest absolute Gasteiger partial charge is 0.488 e. The number of ether oxygens (including phenoxy) is 1. The number of hydrogen-bond acceptors (Lipinski definition) is 3. The number of fused-ring (bicyclic) bond motifs is 1. The van der Waals surface area contributed by atoms with Gasteiger partial charge in [-0.25, -0.2) is 0 Å². The molecule has 0 saturated carbocycles. The fraction of sp³-hybridized carbons (Fsp3) is 0.500. The highest BCUT2D eigenvalue weighted by Crippen LogP contribution is 2.27. The van der Waals surface area contributed by atoms with E-state index in [2.05, 4.69) is 10.2 Å². The van der Waals surface area contributed by atoms with Crippen molar-refractivity contribution < 1.29 is 4.74 Å². The Morgan fingerprint density at radius 2 is 2.50 bits per heavy atom. The van der Waals surface area contributed by atoms with Gasteiger partial charge in [-0.3, -0.25) is 5.10 Å². The maximum absolute atomic E-state index is 5.49. The fourth-order valence-electron chi connectivity index (χ4n) is 1.14. The molecule has 0 spiro atoms. The van der Waals surface area contributed by atoms with E-state index in [0.717, 1.165) is 30.9 Å². The Morgan fingerprint density at radius 1 is 1.60 bits per heavy atom. The molecule has 0 aliphatic carbocycles. The van der Waals surface area contributed by atoms with Crippen molar-refractivity contribution in [2.75, 3.05) is 12.3 Å². The van der Waals surface area contributed by atoms with Crippen molar-refractivity contribution >= 4 is 5.82 Å². The van der Waals surface area contributed by atoms with Crippen molar-refractivity contribution in [2.24, 2.45) is 0 Å². The molecule has 1 aliphatic heterocycles. The van der Waals surface area contributed by atoms with Crippen LogP contribution in [-0.4, -0.2) is 16.8 Å². The number of aromatic amines is 1. The predicted octanol–water partition coefficient (Wildman–Crippen LogP) is 0.317. The first-order chi connectivity index (χ1) is 4.88. The van der Waals surface area contributed by atoms with Gasteiger partial charge in [0.2, 0.25) is 0 Å². The number of nitrogens with zero attached hydrogens (tertiary/aromatic N) is 1. The van der Waals surface area contributed by atoms with Crippen LogP contribution in [0.1, 0.15) is 12.1 Å². The molecule has 1 aromatic rings. The molecule has 1 aliphatic rings. The minimum absolute atomic E-state index is 0.481. The van der Waals surface area contributed by atoms with E-state index < -0.39 is 0 Å². The summed E-state index contributed by atoms with van der Waals surface area (Å²) in [6, 6.07) is 0. The highest BCUT2D eigenvalue weighted by Gasteiger charge is 2.15. The first-order valence-corrected chi connectivity index (χ1v) is 3.33. The molecule has 2 rings (SSSR count). The van der Waals surface area contributed by atoms with Crippen LogP contribution in [0.5, 0.6) is 5.75 Å². The minimum atomic E-state index is 0.481. The Morgan fingerprint density at radius 3 is 3.30 bits per heavy atom. The number of nitrogens with one attached hydrogen (secondary N) is 1. The van der Waals surface area contributed by atoms with Crippen LogP contribution in [0.3, 0.4) is 0 Å². The normalized spacial score (nSPS) is 16.0. The molecule has 2 heterocycles. The van der Waals surface area contributed by atoms with Gasteiger partial charge < -0.3 is 10.5 Å². The Hall–Kier alpha value is -1.19. The van der Waals surface area contributed by atoms with Crippen LogP contribution in [0.2, 0.25) is 0 Å². The molecule has 0 aromatic carbocycles. The van der Waals surface area contributed by atoms with Gasteiger partial charge in [0, 0.05) is 0 Å². The van der Waals surface area contributed by atoms with Crippen LogP contribution in [0.4, 0.5) is 5.82 Å². The number of anilines is 1. The molecule has 0 unspecified atom stereocenters. The van der Waals surface area contributed by atoms with Crippen LogP contribution in [0.15, 0.2) is 0 Å². The third kappa shape index (κ3) is 0.650. The van der Waals surface area contributed by atoms with E-state index in [9.17, 15) is 0 Å². The second-order valence-electron chi connectivity index (χ2n) is 2.37. The van der Waals surface area contributed by atoms with Gasteiger partial charge in [-0.15, -0.1) is 0 Å². The van der Waals surface area contributed by atoms with Gasteiger partial charge in [0.25, 0.3) is 0 Å². The minimum Gasteiger partial charge on any atom is -0.488 e. The molecule has 0 atom stereocenters. The zero-order valence-corrected chi connectivity index (χ0v) is 5.55. The number of nitrogens with two attached hydrogens (primary N) is 1. The lowest BCUT2D eigenvalue weighted by molar-refractivity contribution is 0.289. The topological polar surface area (TPSA) is 63.9 Å². The lowest BCUT2D eigenvalue weighted by atomic mass is 10.2. The van der Waals surface area contributed by atoms with E-state index >= 15 is 0 Å². The number of aryl methyl sites for hydroxylation is 1. The first-order valence-electron chi connectivity index (χ1n) is 3.33. The van der Waals surface area contributed by atoms with Gasteiger partial charge in [0.15, 0.2) is 11.6 Å². The fourth-order valence-corrected chi connectivity index (χ4v) is 1.14. The molecule has 0 fully saturated rings. The molecule has 4 heteroatoms. The van der Waals surface area contributed by atoms with Gasteiger partial charge in [-0.2, -0.15) is 5.10 Å². The first kappa shape index (κ1) is 5.58. The molecule has 0 radical (unpaired) electrons. The van der Waals surface area contributed by atoms with Crippen LogP contribution < -0.4 is 10.5 Å². The second-order valence-corrected chi connectivity index (χ2v) is 2.37. The zero-order valence-electron chi connectivity index (χ0n) is 5.55. The average molecular weight is 139 g/mol. The summed E-state index contributed by atoms with van der Waals surface area (Å²) in [6.45, 7) is 0.761. The summed E-state index contributed by atoms with van der Waals surface area (Å²) in [6.07, 6.45) is 2.05. The number of hydrogen-bond donors (Lipinski definition) is 2. The SMILES string of the molecule is Nc1n[nH]c2c1OCCC2. The van der Waals surface area contributed by atoms with E-state index in [0.29, 0.717) is 5.82 Å². The lowest BCUT2D eigenvalue weighted by Gasteiger charge is -2.11. The van der Waals surface area contributed by atoms with E-state index in [1.54, 1.807) is 0 Å². The summed E-state index contributed by atoms with van der Waals surface area (Å²) in [5, 5.41) is 6.65. The third-order valence-electron chi connectivity index (χ3n) is 1.64. The van der Waals surface area contributed by atoms with Crippen molar-refractivity contribution in [3.63, 3.8) is 0 Å². The standard InChI is InChI=1S/C6H9N3O/c7-6-5-4(8-9-6)2-1-3-10-5/h1-3H2,(H3,7,8,9). The molecule has 4 nitrogen and oxygen atoms in total. The van der Waals surface area contributed by atoms with Crippen molar-refractivity contribution in [3.8, 4) is 5.75 Å². The van der Waals surface area contributed by atoms with Crippen LogP contribution in [0.25, 0.3) is 0 Å². The average Bonchev–Trinajstić information content (AvgIpc) is 2.34. The molecule has 0 bridgehead atoms. The third-order valence-corrected chi connectivity index (χ3v) is 1.64. The number of nitrogen functional groups attached to an aromatic ring is 1. The number of aromatic nitrogens is 2. The van der Waals surface area contributed by atoms with Gasteiger partial charge >= 0.3 is 0 Å². The van der Waals surface area contributed by atoms with Crippen molar-refractivity contribution in [1.82, 2.24) is 10.2 Å². The van der Waals surface area contributed by atoms with E-state index in [4.69, 9.17) is 10.5 Å². The number of rotatable bonds is 0. The molecule has 0 saturated heterocycles. The van der Waals surface area contributed by atoms with Crippen molar-refractivity contribution in [3.05, 3.63) is 5.69 Å². The van der Waals surface area contributed by atoms with Gasteiger partial charge in [0.1, 0.15) is 0 Å². The molecule has 10 heavy (non-hydrogen) atoms. The Labute approximate surface area is 58.4 Å². The van der Waals surface area contributed by atoms with Gasteiger partial charge in [-0.1, -0.05) is 0 Å². The van der Waals surface area contributed by atoms with Crippen LogP contribution in [0, 0.1) is 0 Å².